The number of nitrogens with one attached hydrogen (secondary N) is 3. The Balaban J connectivity index is 1.42. The Morgan fingerprint density at radius 1 is 0.862 bits per heavy atom. The summed E-state index contributed by atoms with van der Waals surface area (Å²) in [5.74, 6) is -0.344. The minimum atomic E-state index is -0.456. The molecule has 0 aliphatic heterocycles. The van der Waals surface area contributed by atoms with Crippen molar-refractivity contribution >= 4 is 62.2 Å². The first-order valence-electron chi connectivity index (χ1n) is 8.67. The first-order valence-corrected chi connectivity index (χ1v) is 9.92. The average Bonchev–Trinajstić information content (AvgIpc) is 3.18. The highest BCUT2D eigenvalue weighted by molar-refractivity contribution is 7.14. The van der Waals surface area contributed by atoms with Gasteiger partial charge < -0.3 is 10.6 Å². The van der Waals surface area contributed by atoms with Crippen LogP contribution in [0.3, 0.4) is 0 Å². The van der Waals surface area contributed by atoms with Crippen molar-refractivity contribution in [3.8, 4) is 0 Å². The predicted octanol–water partition coefficient (Wildman–Crippen LogP) is 5.85. The van der Waals surface area contributed by atoms with Crippen molar-refractivity contribution < 1.29 is 9.59 Å². The number of halogens is 1. The second-order valence-electron chi connectivity index (χ2n) is 6.10. The number of anilines is 3. The van der Waals surface area contributed by atoms with Gasteiger partial charge in [-0.2, -0.15) is 0 Å². The second kappa shape index (κ2) is 8.30. The summed E-state index contributed by atoms with van der Waals surface area (Å²) in [6.07, 6.45) is 0. The van der Waals surface area contributed by atoms with Crippen LogP contribution >= 0.6 is 22.9 Å². The zero-order valence-electron chi connectivity index (χ0n) is 15.0. The molecule has 0 spiro atoms. The summed E-state index contributed by atoms with van der Waals surface area (Å²) in [6.45, 7) is 0. The van der Waals surface area contributed by atoms with E-state index < -0.39 is 6.03 Å². The van der Waals surface area contributed by atoms with Crippen LogP contribution in [0.4, 0.5) is 21.3 Å². The fourth-order valence-corrected chi connectivity index (χ4v) is 3.56. The first-order chi connectivity index (χ1) is 14.1. The largest absolute Gasteiger partial charge is 0.325 e. The minimum Gasteiger partial charge on any atom is -0.320 e. The van der Waals surface area contributed by atoms with Crippen molar-refractivity contribution in [2.75, 3.05) is 16.0 Å². The standard InChI is InChI=1S/C21H15ClN4O2S/c22-14-8-10-15(11-9-14)23-20(28)26-21-25-18(12-29-21)19(27)24-17-7-3-5-13-4-1-2-6-16(13)17/h1-12H,(H,24,27)(H2,23,25,26,28). The van der Waals surface area contributed by atoms with E-state index in [-0.39, 0.29) is 11.6 Å². The third-order valence-corrected chi connectivity index (χ3v) is 5.11. The van der Waals surface area contributed by atoms with Gasteiger partial charge in [0.05, 0.1) is 0 Å². The molecule has 0 fully saturated rings. The van der Waals surface area contributed by atoms with E-state index in [4.69, 9.17) is 11.6 Å². The predicted molar refractivity (Wildman–Crippen MR) is 118 cm³/mol. The number of urea groups is 1. The summed E-state index contributed by atoms with van der Waals surface area (Å²) < 4.78 is 0. The Morgan fingerprint density at radius 3 is 2.45 bits per heavy atom. The number of aromatic nitrogens is 1. The molecule has 6 nitrogen and oxygen atoms in total. The van der Waals surface area contributed by atoms with E-state index in [1.807, 2.05) is 42.5 Å². The number of benzene rings is 3. The lowest BCUT2D eigenvalue weighted by Gasteiger charge is -2.07. The maximum atomic E-state index is 12.6. The molecule has 3 N–H and O–H groups in total. The van der Waals surface area contributed by atoms with Crippen molar-refractivity contribution in [3.63, 3.8) is 0 Å². The van der Waals surface area contributed by atoms with Gasteiger partial charge >= 0.3 is 6.03 Å². The molecule has 0 bridgehead atoms. The molecule has 0 saturated carbocycles. The van der Waals surface area contributed by atoms with Gasteiger partial charge in [-0.25, -0.2) is 9.78 Å². The number of hydrogen-bond donors (Lipinski definition) is 3. The molecule has 0 atom stereocenters. The molecule has 8 heteroatoms. The van der Waals surface area contributed by atoms with E-state index >= 15 is 0 Å². The number of rotatable bonds is 4. The van der Waals surface area contributed by atoms with Gasteiger partial charge in [0.25, 0.3) is 5.91 Å². The molecule has 0 radical (unpaired) electrons. The van der Waals surface area contributed by atoms with Crippen LogP contribution in [0, 0.1) is 0 Å². The van der Waals surface area contributed by atoms with Crippen LogP contribution in [0.15, 0.2) is 72.1 Å². The molecule has 0 aliphatic carbocycles. The molecule has 0 unspecified atom stereocenters. The van der Waals surface area contributed by atoms with Crippen LogP contribution in [0.1, 0.15) is 10.5 Å². The molecular weight excluding hydrogens is 408 g/mol. The summed E-state index contributed by atoms with van der Waals surface area (Å²) >= 11 is 6.99. The maximum Gasteiger partial charge on any atom is 0.325 e. The summed E-state index contributed by atoms with van der Waals surface area (Å²) in [7, 11) is 0. The Kier molecular flexibility index (Phi) is 5.41. The van der Waals surface area contributed by atoms with Gasteiger partial charge in [-0.1, -0.05) is 48.0 Å². The molecule has 1 aromatic heterocycles. The second-order valence-corrected chi connectivity index (χ2v) is 7.40. The third kappa shape index (κ3) is 4.53. The van der Waals surface area contributed by atoms with Crippen LogP contribution in [0.25, 0.3) is 10.8 Å². The fraction of sp³-hybridized carbons (Fsp3) is 0. The van der Waals surface area contributed by atoms with E-state index in [0.717, 1.165) is 10.8 Å². The summed E-state index contributed by atoms with van der Waals surface area (Å²) in [5.41, 5.74) is 1.53. The number of fused-ring (bicyclic) bond motifs is 1. The quantitative estimate of drug-likeness (QED) is 0.386. The SMILES string of the molecule is O=C(Nc1ccc(Cl)cc1)Nc1nc(C(=O)Nc2cccc3ccccc23)cs1. The highest BCUT2D eigenvalue weighted by atomic mass is 35.5. The number of carbonyl (C=O) groups excluding carboxylic acids is 2. The van der Waals surface area contributed by atoms with Gasteiger partial charge in [0, 0.05) is 27.2 Å². The normalized spacial score (nSPS) is 10.5. The number of carbonyl (C=O) groups is 2. The molecule has 144 valence electrons. The van der Waals surface area contributed by atoms with Gasteiger partial charge in [-0.15, -0.1) is 11.3 Å². The molecule has 29 heavy (non-hydrogen) atoms. The van der Waals surface area contributed by atoms with Crippen LogP contribution in [0.5, 0.6) is 0 Å². The lowest BCUT2D eigenvalue weighted by atomic mass is 10.1. The zero-order chi connectivity index (χ0) is 20.2. The summed E-state index contributed by atoms with van der Waals surface area (Å²) in [6, 6.07) is 19.8. The summed E-state index contributed by atoms with van der Waals surface area (Å²) in [5, 5.41) is 12.6. The molecule has 3 aromatic carbocycles. The van der Waals surface area contributed by atoms with E-state index in [1.54, 1.807) is 29.6 Å². The van der Waals surface area contributed by atoms with E-state index in [1.165, 1.54) is 11.3 Å². The molecule has 1 heterocycles. The van der Waals surface area contributed by atoms with Crippen molar-refractivity contribution in [2.24, 2.45) is 0 Å². The molecule has 3 amide bonds. The smallest absolute Gasteiger partial charge is 0.320 e. The van der Waals surface area contributed by atoms with Crippen LogP contribution in [-0.2, 0) is 0 Å². The van der Waals surface area contributed by atoms with Gasteiger partial charge in [0.2, 0.25) is 0 Å². The Morgan fingerprint density at radius 2 is 1.62 bits per heavy atom. The maximum absolute atomic E-state index is 12.6. The minimum absolute atomic E-state index is 0.227. The van der Waals surface area contributed by atoms with Crippen molar-refractivity contribution in [2.45, 2.75) is 0 Å². The number of thiazole rings is 1. The van der Waals surface area contributed by atoms with E-state index in [0.29, 0.717) is 21.5 Å². The average molecular weight is 423 g/mol. The van der Waals surface area contributed by atoms with Crippen molar-refractivity contribution in [1.82, 2.24) is 4.98 Å². The molecular formula is C21H15ClN4O2S. The van der Waals surface area contributed by atoms with Crippen LogP contribution in [0.2, 0.25) is 5.02 Å². The molecule has 4 rings (SSSR count). The number of nitrogens with zero attached hydrogens (tertiary/aromatic N) is 1. The van der Waals surface area contributed by atoms with E-state index in [9.17, 15) is 9.59 Å². The topological polar surface area (TPSA) is 83.1 Å². The lowest BCUT2D eigenvalue weighted by molar-refractivity contribution is 0.102. The van der Waals surface area contributed by atoms with Crippen molar-refractivity contribution in [3.05, 3.63) is 82.8 Å². The van der Waals surface area contributed by atoms with Gasteiger partial charge in [-0.3, -0.25) is 10.1 Å². The number of amides is 3. The highest BCUT2D eigenvalue weighted by Gasteiger charge is 2.14. The Hall–Kier alpha value is -3.42. The molecule has 0 saturated heterocycles. The first kappa shape index (κ1) is 18.9. The molecule has 0 aliphatic rings. The fourth-order valence-electron chi connectivity index (χ4n) is 2.75. The van der Waals surface area contributed by atoms with Gasteiger partial charge in [-0.05, 0) is 35.7 Å². The number of hydrogen-bond acceptors (Lipinski definition) is 4. The van der Waals surface area contributed by atoms with Crippen molar-refractivity contribution in [1.29, 1.82) is 0 Å². The third-order valence-electron chi connectivity index (χ3n) is 4.10. The lowest BCUT2D eigenvalue weighted by Crippen LogP contribution is -2.19. The van der Waals surface area contributed by atoms with Crippen LogP contribution in [-0.4, -0.2) is 16.9 Å². The zero-order valence-corrected chi connectivity index (χ0v) is 16.6. The van der Waals surface area contributed by atoms with Crippen LogP contribution < -0.4 is 16.0 Å². The molecule has 4 aromatic rings. The summed E-state index contributed by atoms with van der Waals surface area (Å²) in [4.78, 5) is 28.9. The van der Waals surface area contributed by atoms with E-state index in [2.05, 4.69) is 20.9 Å². The Labute approximate surface area is 175 Å². The van der Waals surface area contributed by atoms with Gasteiger partial charge in [0.1, 0.15) is 5.69 Å². The Bertz CT molecular complexity index is 1190. The monoisotopic (exact) mass is 422 g/mol. The highest BCUT2D eigenvalue weighted by Crippen LogP contribution is 2.24. The van der Waals surface area contributed by atoms with Gasteiger partial charge in [0.15, 0.2) is 5.13 Å².